The molecule has 0 aromatic heterocycles. The van der Waals surface area contributed by atoms with Gasteiger partial charge < -0.3 is 15.0 Å². The van der Waals surface area contributed by atoms with E-state index in [9.17, 15) is 14.4 Å². The Labute approximate surface area is 175 Å². The average Bonchev–Trinajstić information content (AvgIpc) is 3.03. The molecule has 7 heteroatoms. The van der Waals surface area contributed by atoms with Crippen LogP contribution in [0.5, 0.6) is 0 Å². The van der Waals surface area contributed by atoms with Crippen molar-refractivity contribution in [3.8, 4) is 0 Å². The zero-order valence-electron chi connectivity index (χ0n) is 17.1. The number of benzene rings is 2. The van der Waals surface area contributed by atoms with Gasteiger partial charge in [-0.15, -0.1) is 0 Å². The molecule has 2 aliphatic heterocycles. The Balaban J connectivity index is 1.56. The van der Waals surface area contributed by atoms with Crippen LogP contribution in [-0.4, -0.2) is 48.4 Å². The zero-order valence-corrected chi connectivity index (χ0v) is 17.1. The fourth-order valence-corrected chi connectivity index (χ4v) is 3.96. The highest BCUT2D eigenvalue weighted by Gasteiger charge is 2.47. The molecular formula is C23H25N3O4. The maximum Gasteiger partial charge on any atom is 0.260 e. The Morgan fingerprint density at radius 3 is 2.50 bits per heavy atom. The molecule has 156 valence electrons. The molecule has 30 heavy (non-hydrogen) atoms. The lowest BCUT2D eigenvalue weighted by Crippen LogP contribution is -2.51. The van der Waals surface area contributed by atoms with Crippen LogP contribution in [-0.2, 0) is 9.53 Å². The summed E-state index contributed by atoms with van der Waals surface area (Å²) in [5.74, 6) is -0.675. The van der Waals surface area contributed by atoms with Gasteiger partial charge in [0, 0.05) is 24.3 Å². The first-order valence-corrected chi connectivity index (χ1v) is 10.2. The first-order chi connectivity index (χ1) is 14.5. The van der Waals surface area contributed by atoms with Crippen molar-refractivity contribution in [3.63, 3.8) is 0 Å². The minimum absolute atomic E-state index is 0.124. The monoisotopic (exact) mass is 407 g/mol. The van der Waals surface area contributed by atoms with E-state index in [1.54, 1.807) is 41.3 Å². The van der Waals surface area contributed by atoms with Gasteiger partial charge in [-0.05, 0) is 38.5 Å². The van der Waals surface area contributed by atoms with Gasteiger partial charge in [0.1, 0.15) is 12.7 Å². The SMILES string of the molecule is CC(C)OCCCNC(=O)CN1C(=O)c2ccccc2N2C(=O)c3ccccc3C12. The summed E-state index contributed by atoms with van der Waals surface area (Å²) in [5, 5.41) is 2.85. The van der Waals surface area contributed by atoms with Crippen molar-refractivity contribution in [1.82, 2.24) is 10.2 Å². The number of carbonyl (C=O) groups excluding carboxylic acids is 3. The van der Waals surface area contributed by atoms with E-state index in [2.05, 4.69) is 5.32 Å². The molecule has 7 nitrogen and oxygen atoms in total. The van der Waals surface area contributed by atoms with Crippen LogP contribution >= 0.6 is 0 Å². The van der Waals surface area contributed by atoms with Crippen molar-refractivity contribution in [2.24, 2.45) is 0 Å². The lowest BCUT2D eigenvalue weighted by atomic mass is 10.0. The molecule has 4 rings (SSSR count). The van der Waals surface area contributed by atoms with Gasteiger partial charge in [0.25, 0.3) is 11.8 Å². The molecule has 0 fully saturated rings. The molecule has 0 radical (unpaired) electrons. The number of rotatable bonds is 7. The minimum atomic E-state index is -0.619. The van der Waals surface area contributed by atoms with E-state index in [1.807, 2.05) is 26.0 Å². The lowest BCUT2D eigenvalue weighted by Gasteiger charge is -2.40. The van der Waals surface area contributed by atoms with Crippen molar-refractivity contribution in [2.45, 2.75) is 32.5 Å². The lowest BCUT2D eigenvalue weighted by molar-refractivity contribution is -0.122. The highest BCUT2D eigenvalue weighted by Crippen LogP contribution is 2.44. The van der Waals surface area contributed by atoms with E-state index in [4.69, 9.17) is 4.74 Å². The van der Waals surface area contributed by atoms with E-state index < -0.39 is 6.17 Å². The van der Waals surface area contributed by atoms with Gasteiger partial charge in [0.2, 0.25) is 5.91 Å². The van der Waals surface area contributed by atoms with Crippen LogP contribution in [0.1, 0.15) is 52.7 Å². The Morgan fingerprint density at radius 1 is 1.03 bits per heavy atom. The quantitative estimate of drug-likeness (QED) is 0.716. The first-order valence-electron chi connectivity index (χ1n) is 10.2. The summed E-state index contributed by atoms with van der Waals surface area (Å²) in [4.78, 5) is 42.0. The smallest absolute Gasteiger partial charge is 0.260 e. The van der Waals surface area contributed by atoms with E-state index in [0.29, 0.717) is 36.4 Å². The summed E-state index contributed by atoms with van der Waals surface area (Å²) in [7, 11) is 0. The summed E-state index contributed by atoms with van der Waals surface area (Å²) in [6, 6.07) is 14.3. The number of para-hydroxylation sites is 1. The summed E-state index contributed by atoms with van der Waals surface area (Å²) in [6.45, 7) is 4.83. The topological polar surface area (TPSA) is 79.0 Å². The maximum atomic E-state index is 13.3. The summed E-state index contributed by atoms with van der Waals surface area (Å²) in [5.41, 5.74) is 2.30. The van der Waals surface area contributed by atoms with Crippen LogP contribution in [0.15, 0.2) is 48.5 Å². The first kappa shape index (κ1) is 20.1. The van der Waals surface area contributed by atoms with Gasteiger partial charge in [0.15, 0.2) is 0 Å². The summed E-state index contributed by atoms with van der Waals surface area (Å²) >= 11 is 0. The Bertz CT molecular complexity index is 988. The van der Waals surface area contributed by atoms with Crippen LogP contribution in [0.2, 0.25) is 0 Å². The number of nitrogens with zero attached hydrogens (tertiary/aromatic N) is 2. The molecule has 1 N–H and O–H groups in total. The molecule has 0 saturated carbocycles. The van der Waals surface area contributed by atoms with E-state index in [-0.39, 0.29) is 30.4 Å². The molecule has 0 spiro atoms. The number of nitrogens with one attached hydrogen (secondary N) is 1. The summed E-state index contributed by atoms with van der Waals surface area (Å²) < 4.78 is 5.48. The Kier molecular flexibility index (Phi) is 5.55. The third kappa shape index (κ3) is 3.57. The van der Waals surface area contributed by atoms with Gasteiger partial charge in [-0.2, -0.15) is 0 Å². The largest absolute Gasteiger partial charge is 0.379 e. The Morgan fingerprint density at radius 2 is 1.73 bits per heavy atom. The molecule has 0 saturated heterocycles. The van der Waals surface area contributed by atoms with Crippen LogP contribution < -0.4 is 10.2 Å². The predicted octanol–water partition coefficient (Wildman–Crippen LogP) is 2.73. The number of carbonyl (C=O) groups is 3. The second kappa shape index (κ2) is 8.28. The molecule has 2 heterocycles. The number of hydrogen-bond donors (Lipinski definition) is 1. The fourth-order valence-electron chi connectivity index (χ4n) is 3.96. The molecule has 0 bridgehead atoms. The fraction of sp³-hybridized carbons (Fsp3) is 0.348. The van der Waals surface area contributed by atoms with Gasteiger partial charge >= 0.3 is 0 Å². The van der Waals surface area contributed by atoms with Crippen molar-refractivity contribution in [2.75, 3.05) is 24.6 Å². The van der Waals surface area contributed by atoms with Gasteiger partial charge in [0.05, 0.1) is 17.4 Å². The number of amides is 3. The third-order valence-corrected chi connectivity index (χ3v) is 5.29. The molecule has 2 aromatic carbocycles. The summed E-state index contributed by atoms with van der Waals surface area (Å²) in [6.07, 6.45) is 0.223. The number of ether oxygens (including phenoxy) is 1. The molecule has 0 aliphatic carbocycles. The number of anilines is 1. The standard InChI is InChI=1S/C23H25N3O4/c1-15(2)30-13-7-12-24-20(27)14-25-21-16-8-3-4-9-17(16)23(29)26(21)19-11-6-5-10-18(19)22(25)28/h3-6,8-11,15,21H,7,12-14H2,1-2H3,(H,24,27). The van der Waals surface area contributed by atoms with Gasteiger partial charge in [-0.25, -0.2) is 0 Å². The van der Waals surface area contributed by atoms with Crippen LogP contribution in [0.3, 0.4) is 0 Å². The third-order valence-electron chi connectivity index (χ3n) is 5.29. The number of fused-ring (bicyclic) bond motifs is 5. The van der Waals surface area contributed by atoms with Gasteiger partial charge in [-0.3, -0.25) is 19.3 Å². The highest BCUT2D eigenvalue weighted by molar-refractivity contribution is 6.17. The second-order valence-electron chi connectivity index (χ2n) is 7.71. The minimum Gasteiger partial charge on any atom is -0.379 e. The van der Waals surface area contributed by atoms with Crippen molar-refractivity contribution in [1.29, 1.82) is 0 Å². The van der Waals surface area contributed by atoms with Crippen LogP contribution in [0, 0.1) is 0 Å². The zero-order chi connectivity index (χ0) is 21.3. The van der Waals surface area contributed by atoms with E-state index in [1.165, 1.54) is 4.90 Å². The number of hydrogen-bond acceptors (Lipinski definition) is 4. The maximum absolute atomic E-state index is 13.3. The van der Waals surface area contributed by atoms with Gasteiger partial charge in [-0.1, -0.05) is 30.3 Å². The molecule has 2 aromatic rings. The molecule has 1 atom stereocenters. The van der Waals surface area contributed by atoms with E-state index in [0.717, 1.165) is 5.56 Å². The molecule has 2 aliphatic rings. The second-order valence-corrected chi connectivity index (χ2v) is 7.71. The normalized spacial score (nSPS) is 17.1. The predicted molar refractivity (Wildman–Crippen MR) is 112 cm³/mol. The molecular weight excluding hydrogens is 382 g/mol. The molecule has 1 unspecified atom stereocenters. The highest BCUT2D eigenvalue weighted by atomic mass is 16.5. The van der Waals surface area contributed by atoms with Crippen LogP contribution in [0.25, 0.3) is 0 Å². The van der Waals surface area contributed by atoms with Crippen molar-refractivity contribution in [3.05, 3.63) is 65.2 Å². The van der Waals surface area contributed by atoms with Crippen molar-refractivity contribution < 1.29 is 19.1 Å². The van der Waals surface area contributed by atoms with E-state index >= 15 is 0 Å². The van der Waals surface area contributed by atoms with Crippen LogP contribution in [0.4, 0.5) is 5.69 Å². The van der Waals surface area contributed by atoms with Crippen molar-refractivity contribution >= 4 is 23.4 Å². The Hall–Kier alpha value is -3.19. The average molecular weight is 407 g/mol. The molecule has 3 amide bonds.